The summed E-state index contributed by atoms with van der Waals surface area (Å²) in [5.74, 6) is 0. The van der Waals surface area contributed by atoms with Gasteiger partial charge < -0.3 is 0 Å². The summed E-state index contributed by atoms with van der Waals surface area (Å²) >= 11 is 5.75. The molecule has 0 saturated heterocycles. The van der Waals surface area contributed by atoms with Crippen LogP contribution >= 0.6 is 11.6 Å². The second kappa shape index (κ2) is 4.71. The molecule has 0 aromatic heterocycles. The molecule has 0 saturated carbocycles. The first-order valence-electron chi connectivity index (χ1n) is 4.22. The van der Waals surface area contributed by atoms with E-state index >= 15 is 0 Å². The van der Waals surface area contributed by atoms with Gasteiger partial charge >= 0.3 is 0 Å². The number of hydrogen-bond acceptors (Lipinski definition) is 4. The largest absolute Gasteiger partial charge is 0.250 e. The van der Waals surface area contributed by atoms with E-state index in [4.69, 9.17) is 11.6 Å². The van der Waals surface area contributed by atoms with Gasteiger partial charge in [0.25, 0.3) is 20.0 Å². The maximum Gasteiger partial charge on any atom is 0.250 e. The molecule has 94 valence electrons. The average Bonchev–Trinajstić information content (AvgIpc) is 2.05. The van der Waals surface area contributed by atoms with Crippen LogP contribution in [0.4, 0.5) is 0 Å². The molecule has 1 rings (SSSR count). The van der Waals surface area contributed by atoms with Crippen molar-refractivity contribution in [3.63, 3.8) is 0 Å². The van der Waals surface area contributed by atoms with E-state index in [1.54, 1.807) is 0 Å². The van der Waals surface area contributed by atoms with Gasteiger partial charge in [0, 0.05) is 0 Å². The van der Waals surface area contributed by atoms with Gasteiger partial charge in [-0.25, -0.2) is 16.8 Å². The molecule has 0 N–H and O–H groups in total. The molecule has 0 aliphatic heterocycles. The topological polar surface area (TPSA) is 93.0 Å². The number of halogens is 1. The summed E-state index contributed by atoms with van der Waals surface area (Å²) in [6, 6.07) is 0. The number of hydrogen-bond donors (Lipinski definition) is 0. The minimum absolute atomic E-state index is 0.0142. The zero-order valence-electron chi connectivity index (χ0n) is 8.95. The van der Waals surface area contributed by atoms with Crippen molar-refractivity contribution in [3.05, 3.63) is 23.3 Å². The van der Waals surface area contributed by atoms with E-state index in [1.807, 2.05) is 0 Å². The molecule has 17 heavy (non-hydrogen) atoms. The maximum atomic E-state index is 10.9. The maximum absolute atomic E-state index is 10.9. The highest BCUT2D eigenvalue weighted by Gasteiger charge is 2.12. The summed E-state index contributed by atoms with van der Waals surface area (Å²) in [7, 11) is -7.08. The molecule has 0 radical (unpaired) electrons. The molecule has 0 unspecified atom stereocenters. The predicted octanol–water partition coefficient (Wildman–Crippen LogP) is 0.480. The quantitative estimate of drug-likeness (QED) is 0.693. The highest BCUT2D eigenvalue weighted by atomic mass is 35.5. The van der Waals surface area contributed by atoms with Gasteiger partial charge in [0.2, 0.25) is 0 Å². The molecule has 0 fully saturated rings. The minimum atomic E-state index is -3.56. The Bertz CT molecular complexity index is 654. The fourth-order valence-electron chi connectivity index (χ4n) is 0.997. The van der Waals surface area contributed by atoms with Crippen LogP contribution in [0.2, 0.25) is 0 Å². The molecule has 0 heterocycles. The van der Waals surface area contributed by atoms with Gasteiger partial charge in [-0.2, -0.15) is 8.80 Å². The minimum Gasteiger partial charge on any atom is -0.205 e. The number of sulfonamides is 2. The Kier molecular flexibility index (Phi) is 3.90. The molecule has 0 spiro atoms. The molecule has 6 nitrogen and oxygen atoms in total. The Morgan fingerprint density at radius 2 is 1.53 bits per heavy atom. The second-order valence-electron chi connectivity index (χ2n) is 3.28. The van der Waals surface area contributed by atoms with Gasteiger partial charge in [-0.15, -0.1) is 0 Å². The van der Waals surface area contributed by atoms with E-state index < -0.39 is 20.0 Å². The van der Waals surface area contributed by atoms with Crippen LogP contribution in [0.3, 0.4) is 0 Å². The fourth-order valence-corrected chi connectivity index (χ4v) is 2.28. The highest BCUT2D eigenvalue weighted by Crippen LogP contribution is 2.13. The van der Waals surface area contributed by atoms with Crippen LogP contribution in [-0.4, -0.2) is 40.8 Å². The van der Waals surface area contributed by atoms with Crippen molar-refractivity contribution in [3.8, 4) is 0 Å². The predicted molar refractivity (Wildman–Crippen MR) is 67.6 cm³/mol. The smallest absolute Gasteiger partial charge is 0.205 e. The van der Waals surface area contributed by atoms with E-state index in [0.717, 1.165) is 12.5 Å². The third-order valence-electron chi connectivity index (χ3n) is 1.47. The van der Waals surface area contributed by atoms with Crippen LogP contribution in [0.15, 0.2) is 32.1 Å². The van der Waals surface area contributed by atoms with Gasteiger partial charge in [-0.05, 0) is 18.2 Å². The zero-order chi connectivity index (χ0) is 13.3. The third-order valence-corrected chi connectivity index (χ3v) is 2.84. The van der Waals surface area contributed by atoms with Crippen LogP contribution in [0.5, 0.6) is 0 Å². The highest BCUT2D eigenvalue weighted by molar-refractivity contribution is 7.89. The lowest BCUT2D eigenvalue weighted by molar-refractivity contribution is 0.602. The molecule has 1 aliphatic rings. The molecule has 0 bridgehead atoms. The molecule has 0 aromatic carbocycles. The second-order valence-corrected chi connectivity index (χ2v) is 6.99. The van der Waals surface area contributed by atoms with Crippen LogP contribution in [0.25, 0.3) is 0 Å². The molecule has 0 aromatic rings. The fraction of sp³-hybridized carbons (Fsp3) is 0.250. The molecule has 0 amide bonds. The van der Waals surface area contributed by atoms with Gasteiger partial charge in [0.1, 0.15) is 0 Å². The lowest BCUT2D eigenvalue weighted by atomic mass is 10.1. The summed E-state index contributed by atoms with van der Waals surface area (Å²) in [4.78, 5) is 0. The van der Waals surface area contributed by atoms with Gasteiger partial charge in [0.15, 0.2) is 0 Å². The van der Waals surface area contributed by atoms with E-state index in [0.29, 0.717) is 0 Å². The van der Waals surface area contributed by atoms with Crippen LogP contribution in [0.1, 0.15) is 0 Å². The average molecular weight is 297 g/mol. The lowest BCUT2D eigenvalue weighted by Gasteiger charge is -2.05. The van der Waals surface area contributed by atoms with Gasteiger partial charge in [-0.3, -0.25) is 0 Å². The van der Waals surface area contributed by atoms with E-state index in [2.05, 4.69) is 8.80 Å². The van der Waals surface area contributed by atoms with Crippen molar-refractivity contribution in [2.45, 2.75) is 0 Å². The van der Waals surface area contributed by atoms with Crippen molar-refractivity contribution in [2.75, 3.05) is 12.5 Å². The Balaban J connectivity index is 3.17. The van der Waals surface area contributed by atoms with E-state index in [-0.39, 0.29) is 16.5 Å². The Morgan fingerprint density at radius 1 is 1.00 bits per heavy atom. The number of allylic oxidation sites excluding steroid dienone is 4. The molecular weight excluding hydrogens is 288 g/mol. The Labute approximate surface area is 105 Å². The normalized spacial score (nSPS) is 21.9. The molecular formula is C8H9ClN2O4S2. The Morgan fingerprint density at radius 3 is 1.94 bits per heavy atom. The first kappa shape index (κ1) is 14.1. The summed E-state index contributed by atoms with van der Waals surface area (Å²) in [6.45, 7) is 0. The lowest BCUT2D eigenvalue weighted by Crippen LogP contribution is -2.08. The van der Waals surface area contributed by atoms with E-state index in [1.165, 1.54) is 18.2 Å². The van der Waals surface area contributed by atoms with Crippen LogP contribution < -0.4 is 0 Å². The Hall–Kier alpha value is -0.990. The summed E-state index contributed by atoms with van der Waals surface area (Å²) in [6.07, 6.45) is 5.70. The first-order chi connectivity index (χ1) is 7.57. The monoisotopic (exact) mass is 296 g/mol. The van der Waals surface area contributed by atoms with Crippen molar-refractivity contribution in [2.24, 2.45) is 8.80 Å². The first-order valence-corrected chi connectivity index (χ1v) is 8.30. The standard InChI is InChI=1S/C8H9ClN2O4S2/c1-16(12,13)10-6-3-4-8(7(9)5-6)11-17(2,14)15/h3-5H,1-2H3. The number of nitrogens with zero attached hydrogens (tertiary/aromatic N) is 2. The van der Waals surface area contributed by atoms with Crippen molar-refractivity contribution >= 4 is 43.1 Å². The van der Waals surface area contributed by atoms with Crippen LogP contribution in [-0.2, 0) is 20.0 Å². The summed E-state index contributed by atoms with van der Waals surface area (Å²) in [5, 5.41) is 0.0142. The molecule has 9 heteroatoms. The zero-order valence-corrected chi connectivity index (χ0v) is 11.3. The van der Waals surface area contributed by atoms with Crippen molar-refractivity contribution in [1.29, 1.82) is 0 Å². The van der Waals surface area contributed by atoms with Crippen LogP contribution in [0, 0.1) is 0 Å². The summed E-state index contributed by atoms with van der Waals surface area (Å²) in [5.41, 5.74) is 0.159. The van der Waals surface area contributed by atoms with Gasteiger partial charge in [0.05, 0.1) is 29.0 Å². The molecule has 1 aliphatic carbocycles. The third kappa shape index (κ3) is 5.24. The van der Waals surface area contributed by atoms with Crippen molar-refractivity contribution in [1.82, 2.24) is 0 Å². The van der Waals surface area contributed by atoms with Gasteiger partial charge in [-0.1, -0.05) is 11.6 Å². The SMILES string of the molecule is CS(=O)(=O)N=C1C=CC(=NS(C)(=O)=O)C(Cl)=C1. The summed E-state index contributed by atoms with van der Waals surface area (Å²) < 4.78 is 50.4. The number of rotatable bonds is 2. The van der Waals surface area contributed by atoms with E-state index in [9.17, 15) is 16.8 Å². The van der Waals surface area contributed by atoms with Crippen molar-refractivity contribution < 1.29 is 16.8 Å². The molecule has 0 atom stereocenters.